The van der Waals surface area contributed by atoms with E-state index in [4.69, 9.17) is 4.74 Å². The average Bonchev–Trinajstić information content (AvgIpc) is 3.60. The molecule has 6 aromatic rings. The molecule has 0 radical (unpaired) electrons. The van der Waals surface area contributed by atoms with Crippen LogP contribution in [0, 0.1) is 17.8 Å². The van der Waals surface area contributed by atoms with Gasteiger partial charge in [-0.1, -0.05) is 111 Å². The molecule has 4 fully saturated rings. The minimum atomic E-state index is 0.115. The highest BCUT2D eigenvalue weighted by molar-refractivity contribution is 6.90. The summed E-state index contributed by atoms with van der Waals surface area (Å²) >= 11 is 0. The number of aromatic nitrogens is 1. The third-order valence-electron chi connectivity index (χ3n) is 15.7. The van der Waals surface area contributed by atoms with Crippen LogP contribution >= 0.6 is 0 Å². The van der Waals surface area contributed by atoms with Crippen LogP contribution in [0.2, 0.25) is 0 Å². The Morgan fingerprint density at radius 2 is 1.29 bits per heavy atom. The Morgan fingerprint density at radius 1 is 0.627 bits per heavy atom. The molecular formula is C55H51BN2O. The minimum absolute atomic E-state index is 0.115. The van der Waals surface area contributed by atoms with Gasteiger partial charge in [0.1, 0.15) is 5.75 Å². The Labute approximate surface area is 348 Å². The second-order valence-electron chi connectivity index (χ2n) is 19.5. The fraction of sp³-hybridized carbons (Fsp3) is 0.309. The molecule has 0 amide bonds. The molecule has 0 spiro atoms. The van der Waals surface area contributed by atoms with Crippen molar-refractivity contribution >= 4 is 50.9 Å². The summed E-state index contributed by atoms with van der Waals surface area (Å²) in [5.74, 6) is 5.29. The van der Waals surface area contributed by atoms with Crippen LogP contribution in [0.5, 0.6) is 5.75 Å². The molecule has 0 unspecified atom stereocenters. The Hall–Kier alpha value is -5.48. The number of anilines is 1. The van der Waals surface area contributed by atoms with E-state index in [1.54, 1.807) is 5.70 Å². The minimum Gasteiger partial charge on any atom is -0.463 e. The maximum Gasteiger partial charge on any atom is 0.255 e. The molecule has 2 aliphatic heterocycles. The molecular weight excluding hydrogens is 715 g/mol. The van der Waals surface area contributed by atoms with Gasteiger partial charge in [0.2, 0.25) is 0 Å². The van der Waals surface area contributed by atoms with Gasteiger partial charge in [0.25, 0.3) is 6.71 Å². The first-order valence-corrected chi connectivity index (χ1v) is 22.7. The van der Waals surface area contributed by atoms with E-state index in [0.29, 0.717) is 5.92 Å². The number of nitrogens with zero attached hydrogens (tertiary/aromatic N) is 2. The summed E-state index contributed by atoms with van der Waals surface area (Å²) in [6, 6.07) is 43.6. The third kappa shape index (κ3) is 5.14. The first-order chi connectivity index (χ1) is 29.0. The van der Waals surface area contributed by atoms with Gasteiger partial charge in [0.05, 0.1) is 16.8 Å². The zero-order valence-corrected chi connectivity index (χ0v) is 34.4. The first-order valence-electron chi connectivity index (χ1n) is 22.7. The maximum absolute atomic E-state index is 7.36. The molecule has 3 nitrogen and oxygen atoms in total. The van der Waals surface area contributed by atoms with Crippen LogP contribution in [0.15, 0.2) is 150 Å². The Bertz CT molecular complexity index is 2780. The number of para-hydroxylation sites is 2. The fourth-order valence-corrected chi connectivity index (χ4v) is 13.6. The van der Waals surface area contributed by atoms with Gasteiger partial charge in [-0.25, -0.2) is 0 Å². The molecule has 5 aromatic carbocycles. The van der Waals surface area contributed by atoms with Gasteiger partial charge in [-0.15, -0.1) is 0 Å². The van der Waals surface area contributed by atoms with E-state index in [0.717, 1.165) is 54.9 Å². The van der Waals surface area contributed by atoms with Crippen LogP contribution in [-0.4, -0.2) is 16.8 Å². The standard InChI is InChI=1S/C55H51BN2O/c1-34(2)38-16-18-40(19-17-38)42-28-51-54-53(29-42)59-52-23-21-43(57-48-14-8-6-12-44(48)45-13-7-9-15-49(45)57)30-47(52)56(54)46-27-41(39-10-4-3-5-11-39)20-22-50(46)58(51)55-31-35-24-36(32-55)26-37(25-35)33-55/h3-19,27-30,34-37H,20-26,31-33H2,1-2H3. The smallest absolute Gasteiger partial charge is 0.255 e. The number of hydrogen-bond acceptors (Lipinski definition) is 2. The number of hydrogen-bond donors (Lipinski definition) is 0. The highest BCUT2D eigenvalue weighted by Gasteiger charge is 2.57. The molecule has 1 aromatic heterocycles. The van der Waals surface area contributed by atoms with Crippen molar-refractivity contribution in [1.82, 2.24) is 4.57 Å². The largest absolute Gasteiger partial charge is 0.463 e. The lowest BCUT2D eigenvalue weighted by molar-refractivity contribution is -0.00158. The van der Waals surface area contributed by atoms with Crippen LogP contribution in [0.1, 0.15) is 95.1 Å². The molecule has 6 aliphatic carbocycles. The van der Waals surface area contributed by atoms with Crippen molar-refractivity contribution in [2.24, 2.45) is 17.8 Å². The van der Waals surface area contributed by atoms with Gasteiger partial charge < -0.3 is 14.2 Å². The normalized spacial score (nSPS) is 25.3. The summed E-state index contributed by atoms with van der Waals surface area (Å²) < 4.78 is 9.92. The average molecular weight is 767 g/mol. The molecule has 8 aliphatic rings. The predicted molar refractivity (Wildman–Crippen MR) is 246 cm³/mol. The third-order valence-corrected chi connectivity index (χ3v) is 15.7. The molecule has 4 bridgehead atoms. The highest BCUT2D eigenvalue weighted by Crippen LogP contribution is 2.61. The summed E-state index contributed by atoms with van der Waals surface area (Å²) in [4.78, 5) is 3.00. The second-order valence-corrected chi connectivity index (χ2v) is 19.5. The van der Waals surface area contributed by atoms with Gasteiger partial charge >= 0.3 is 0 Å². The molecule has 4 saturated carbocycles. The van der Waals surface area contributed by atoms with Crippen molar-refractivity contribution in [3.63, 3.8) is 0 Å². The molecule has 0 atom stereocenters. The van der Waals surface area contributed by atoms with Gasteiger partial charge in [-0.05, 0) is 156 Å². The van der Waals surface area contributed by atoms with E-state index >= 15 is 0 Å². The number of rotatable bonds is 5. The Morgan fingerprint density at radius 3 is 1.97 bits per heavy atom. The van der Waals surface area contributed by atoms with E-state index in [1.807, 2.05) is 0 Å². The van der Waals surface area contributed by atoms with Crippen molar-refractivity contribution in [1.29, 1.82) is 0 Å². The molecule has 14 rings (SSSR count). The number of allylic oxidation sites excluding steroid dienone is 8. The maximum atomic E-state index is 7.36. The summed E-state index contributed by atoms with van der Waals surface area (Å²) in [7, 11) is 0. The molecule has 3 heterocycles. The van der Waals surface area contributed by atoms with E-state index in [9.17, 15) is 0 Å². The summed E-state index contributed by atoms with van der Waals surface area (Å²) in [6.07, 6.45) is 17.5. The first kappa shape index (κ1) is 34.4. The lowest BCUT2D eigenvalue weighted by Crippen LogP contribution is -2.63. The van der Waals surface area contributed by atoms with Gasteiger partial charge in [-0.3, -0.25) is 0 Å². The molecule has 59 heavy (non-hydrogen) atoms. The van der Waals surface area contributed by atoms with Crippen molar-refractivity contribution in [3.8, 4) is 16.9 Å². The predicted octanol–water partition coefficient (Wildman–Crippen LogP) is 13.3. The van der Waals surface area contributed by atoms with Crippen LogP contribution in [-0.2, 0) is 0 Å². The fourth-order valence-electron chi connectivity index (χ4n) is 13.6. The van der Waals surface area contributed by atoms with Crippen LogP contribution in [0.3, 0.4) is 0 Å². The molecule has 0 saturated heterocycles. The lowest BCUT2D eigenvalue weighted by atomic mass is 9.31. The zero-order chi connectivity index (χ0) is 39.0. The zero-order valence-electron chi connectivity index (χ0n) is 34.4. The van der Waals surface area contributed by atoms with E-state index in [1.165, 1.54) is 116 Å². The molecule has 290 valence electrons. The Balaban J connectivity index is 1.06. The van der Waals surface area contributed by atoms with Crippen LogP contribution < -0.4 is 15.1 Å². The summed E-state index contributed by atoms with van der Waals surface area (Å²) in [5.41, 5.74) is 18.2. The quantitative estimate of drug-likeness (QED) is 0.163. The van der Waals surface area contributed by atoms with E-state index in [2.05, 4.69) is 151 Å². The second kappa shape index (κ2) is 12.8. The SMILES string of the molecule is CC(C)c1ccc(-c2cc3c4c(c2)N(C25CC6CC(CC(C6)C2)C5)C2=C(C=C(c5ccccc5)CC2)B4C2=C(CCC(n4c5ccccc5c5ccccc54)=C2)O3)cc1. The van der Waals surface area contributed by atoms with Crippen molar-refractivity contribution in [2.45, 2.75) is 89.5 Å². The van der Waals surface area contributed by atoms with Crippen LogP contribution in [0.4, 0.5) is 5.69 Å². The number of fused-ring (bicyclic) bond motifs is 5. The monoisotopic (exact) mass is 766 g/mol. The molecule has 0 N–H and O–H groups in total. The summed E-state index contributed by atoms with van der Waals surface area (Å²) in [5, 5.41) is 2.64. The highest BCUT2D eigenvalue weighted by atomic mass is 16.5. The summed E-state index contributed by atoms with van der Waals surface area (Å²) in [6.45, 7) is 4.70. The topological polar surface area (TPSA) is 17.4 Å². The van der Waals surface area contributed by atoms with Crippen LogP contribution in [0.25, 0.3) is 44.2 Å². The van der Waals surface area contributed by atoms with Gasteiger partial charge in [0, 0.05) is 39.8 Å². The van der Waals surface area contributed by atoms with E-state index < -0.39 is 0 Å². The van der Waals surface area contributed by atoms with Crippen molar-refractivity contribution < 1.29 is 4.74 Å². The van der Waals surface area contributed by atoms with Crippen molar-refractivity contribution in [2.75, 3.05) is 4.90 Å². The van der Waals surface area contributed by atoms with Gasteiger partial charge in [-0.2, -0.15) is 0 Å². The molecule has 4 heteroatoms. The number of benzene rings is 5. The number of ether oxygens (including phenoxy) is 1. The Kier molecular flexibility index (Phi) is 7.44. The van der Waals surface area contributed by atoms with Gasteiger partial charge in [0.15, 0.2) is 0 Å². The van der Waals surface area contributed by atoms with E-state index in [-0.39, 0.29) is 12.3 Å². The van der Waals surface area contributed by atoms with Crippen molar-refractivity contribution in [3.05, 3.63) is 161 Å². The lowest BCUT2D eigenvalue weighted by Gasteiger charge is -2.63.